The molecule has 0 unspecified atom stereocenters. The number of nitrogens with zero attached hydrogens (tertiary/aromatic N) is 1. The number of rotatable bonds is 3. The second-order valence-electron chi connectivity index (χ2n) is 6.40. The first kappa shape index (κ1) is 16.3. The zero-order chi connectivity index (χ0) is 16.4. The second-order valence-corrected chi connectivity index (χ2v) is 8.38. The molecule has 1 aromatic rings. The molecule has 2 aliphatic rings. The standard InChI is InChI=1S/C16H23N3O3S/c1-23(21,22)19-9-3-6-15(11-19)18-16(20)17-14-8-7-12-4-2-5-13(12)10-14/h7-8,10,15H,2-6,9,11H2,1H3,(H2,17,18,20)/t15-/m1/s1. The molecule has 23 heavy (non-hydrogen) atoms. The number of sulfonamides is 1. The van der Waals surface area contributed by atoms with Gasteiger partial charge in [0, 0.05) is 24.8 Å². The third-order valence-corrected chi connectivity index (χ3v) is 5.81. The van der Waals surface area contributed by atoms with E-state index >= 15 is 0 Å². The minimum absolute atomic E-state index is 0.145. The van der Waals surface area contributed by atoms with Crippen molar-refractivity contribution in [2.45, 2.75) is 38.1 Å². The van der Waals surface area contributed by atoms with Crippen LogP contribution in [0.15, 0.2) is 18.2 Å². The molecular formula is C16H23N3O3S. The van der Waals surface area contributed by atoms with Crippen molar-refractivity contribution in [3.63, 3.8) is 0 Å². The van der Waals surface area contributed by atoms with Gasteiger partial charge in [0.1, 0.15) is 0 Å². The summed E-state index contributed by atoms with van der Waals surface area (Å²) in [6.07, 6.45) is 6.12. The molecule has 0 radical (unpaired) electrons. The molecule has 0 spiro atoms. The number of hydrogen-bond donors (Lipinski definition) is 2. The normalized spacial score (nSPS) is 21.7. The van der Waals surface area contributed by atoms with Gasteiger partial charge in [-0.15, -0.1) is 0 Å². The first-order valence-corrected chi connectivity index (χ1v) is 9.91. The topological polar surface area (TPSA) is 78.5 Å². The van der Waals surface area contributed by atoms with E-state index in [1.165, 1.54) is 28.1 Å². The lowest BCUT2D eigenvalue weighted by Gasteiger charge is -2.31. The fourth-order valence-corrected chi connectivity index (χ4v) is 4.28. The summed E-state index contributed by atoms with van der Waals surface area (Å²) in [5.74, 6) is 0. The van der Waals surface area contributed by atoms with E-state index in [1.807, 2.05) is 12.1 Å². The number of carbonyl (C=O) groups is 1. The molecule has 0 aromatic heterocycles. The summed E-state index contributed by atoms with van der Waals surface area (Å²) in [5, 5.41) is 5.74. The van der Waals surface area contributed by atoms with Crippen LogP contribution in [-0.2, 0) is 22.9 Å². The van der Waals surface area contributed by atoms with Gasteiger partial charge in [0.05, 0.1) is 6.26 Å². The number of fused-ring (bicyclic) bond motifs is 1. The smallest absolute Gasteiger partial charge is 0.319 e. The molecule has 3 rings (SSSR count). The summed E-state index contributed by atoms with van der Waals surface area (Å²) in [6.45, 7) is 0.875. The van der Waals surface area contributed by atoms with E-state index in [4.69, 9.17) is 0 Å². The van der Waals surface area contributed by atoms with Gasteiger partial charge in [-0.3, -0.25) is 0 Å². The van der Waals surface area contributed by atoms with Crippen LogP contribution in [0.25, 0.3) is 0 Å². The van der Waals surface area contributed by atoms with Gasteiger partial charge < -0.3 is 10.6 Å². The number of hydrogen-bond acceptors (Lipinski definition) is 3. The third-order valence-electron chi connectivity index (χ3n) is 4.54. The summed E-state index contributed by atoms with van der Waals surface area (Å²) in [4.78, 5) is 12.1. The number of benzene rings is 1. The van der Waals surface area contributed by atoms with Gasteiger partial charge in [-0.25, -0.2) is 17.5 Å². The highest BCUT2D eigenvalue weighted by Crippen LogP contribution is 2.24. The predicted octanol–water partition coefficient (Wildman–Crippen LogP) is 1.72. The van der Waals surface area contributed by atoms with Crippen LogP contribution < -0.4 is 10.6 Å². The minimum atomic E-state index is -3.20. The predicted molar refractivity (Wildman–Crippen MR) is 90.1 cm³/mol. The van der Waals surface area contributed by atoms with E-state index < -0.39 is 10.0 Å². The quantitative estimate of drug-likeness (QED) is 0.881. The molecule has 1 heterocycles. The SMILES string of the molecule is CS(=O)(=O)N1CCC[C@@H](NC(=O)Nc2ccc3c(c2)CCC3)C1. The number of amides is 2. The molecule has 7 heteroatoms. The van der Waals surface area contributed by atoms with Crippen LogP contribution in [0.5, 0.6) is 0 Å². The molecule has 2 amide bonds. The minimum Gasteiger partial charge on any atom is -0.334 e. The van der Waals surface area contributed by atoms with Crippen LogP contribution in [-0.4, -0.2) is 44.1 Å². The molecule has 1 atom stereocenters. The van der Waals surface area contributed by atoms with Crippen LogP contribution >= 0.6 is 0 Å². The second kappa shape index (κ2) is 6.49. The van der Waals surface area contributed by atoms with E-state index in [9.17, 15) is 13.2 Å². The van der Waals surface area contributed by atoms with Crippen molar-refractivity contribution in [1.82, 2.24) is 9.62 Å². The summed E-state index contributed by atoms with van der Waals surface area (Å²) < 4.78 is 24.7. The number of aryl methyl sites for hydroxylation is 2. The molecule has 6 nitrogen and oxygen atoms in total. The van der Waals surface area contributed by atoms with E-state index in [0.717, 1.165) is 31.4 Å². The van der Waals surface area contributed by atoms with Gasteiger partial charge in [-0.1, -0.05) is 6.07 Å². The number of urea groups is 1. The van der Waals surface area contributed by atoms with E-state index in [-0.39, 0.29) is 12.1 Å². The fourth-order valence-electron chi connectivity index (χ4n) is 3.36. The van der Waals surface area contributed by atoms with Gasteiger partial charge in [-0.2, -0.15) is 0 Å². The highest BCUT2D eigenvalue weighted by atomic mass is 32.2. The summed E-state index contributed by atoms with van der Waals surface area (Å²) in [6, 6.07) is 5.61. The molecular weight excluding hydrogens is 314 g/mol. The molecule has 1 aromatic carbocycles. The average Bonchev–Trinajstić information content (AvgIpc) is 2.94. The number of piperidine rings is 1. The Morgan fingerprint density at radius 2 is 2.00 bits per heavy atom. The fraction of sp³-hybridized carbons (Fsp3) is 0.562. The van der Waals surface area contributed by atoms with Crippen molar-refractivity contribution in [3.8, 4) is 0 Å². The van der Waals surface area contributed by atoms with E-state index in [0.29, 0.717) is 13.1 Å². The molecule has 0 saturated carbocycles. The lowest BCUT2D eigenvalue weighted by molar-refractivity contribution is 0.236. The molecule has 1 fully saturated rings. The Balaban J connectivity index is 1.57. The third kappa shape index (κ3) is 4.03. The van der Waals surface area contributed by atoms with Crippen molar-refractivity contribution >= 4 is 21.7 Å². The Hall–Kier alpha value is -1.60. The van der Waals surface area contributed by atoms with Crippen LogP contribution in [0.3, 0.4) is 0 Å². The molecule has 1 saturated heterocycles. The van der Waals surface area contributed by atoms with Crippen LogP contribution in [0.4, 0.5) is 10.5 Å². The largest absolute Gasteiger partial charge is 0.334 e. The lowest BCUT2D eigenvalue weighted by atomic mass is 10.1. The van der Waals surface area contributed by atoms with Crippen LogP contribution in [0, 0.1) is 0 Å². The number of anilines is 1. The molecule has 1 aliphatic carbocycles. The van der Waals surface area contributed by atoms with Crippen molar-refractivity contribution < 1.29 is 13.2 Å². The Labute approximate surface area is 137 Å². The zero-order valence-corrected chi connectivity index (χ0v) is 14.2. The van der Waals surface area contributed by atoms with Gasteiger partial charge in [0.2, 0.25) is 10.0 Å². The highest BCUT2D eigenvalue weighted by molar-refractivity contribution is 7.88. The number of carbonyl (C=O) groups excluding carboxylic acids is 1. The Morgan fingerprint density at radius 1 is 1.22 bits per heavy atom. The maximum atomic E-state index is 12.1. The van der Waals surface area contributed by atoms with Crippen LogP contribution in [0.1, 0.15) is 30.4 Å². The van der Waals surface area contributed by atoms with Crippen LogP contribution in [0.2, 0.25) is 0 Å². The van der Waals surface area contributed by atoms with Gasteiger partial charge in [-0.05, 0) is 55.4 Å². The molecule has 1 aliphatic heterocycles. The first-order valence-electron chi connectivity index (χ1n) is 8.06. The average molecular weight is 337 g/mol. The zero-order valence-electron chi connectivity index (χ0n) is 13.3. The monoisotopic (exact) mass is 337 g/mol. The van der Waals surface area contributed by atoms with Crippen molar-refractivity contribution in [1.29, 1.82) is 0 Å². The first-order chi connectivity index (χ1) is 10.9. The maximum Gasteiger partial charge on any atom is 0.319 e. The molecule has 126 valence electrons. The van der Waals surface area contributed by atoms with Crippen molar-refractivity contribution in [2.24, 2.45) is 0 Å². The van der Waals surface area contributed by atoms with Crippen molar-refractivity contribution in [3.05, 3.63) is 29.3 Å². The summed E-state index contributed by atoms with van der Waals surface area (Å²) in [7, 11) is -3.20. The Kier molecular flexibility index (Phi) is 4.59. The molecule has 2 N–H and O–H groups in total. The highest BCUT2D eigenvalue weighted by Gasteiger charge is 2.26. The molecule has 0 bridgehead atoms. The van der Waals surface area contributed by atoms with E-state index in [1.54, 1.807) is 0 Å². The maximum absolute atomic E-state index is 12.1. The lowest BCUT2D eigenvalue weighted by Crippen LogP contribution is -2.50. The summed E-state index contributed by atoms with van der Waals surface area (Å²) >= 11 is 0. The van der Waals surface area contributed by atoms with Gasteiger partial charge >= 0.3 is 6.03 Å². The Morgan fingerprint density at radius 3 is 2.78 bits per heavy atom. The van der Waals surface area contributed by atoms with Gasteiger partial charge in [0.25, 0.3) is 0 Å². The number of nitrogens with one attached hydrogen (secondary N) is 2. The summed E-state index contributed by atoms with van der Waals surface area (Å²) in [5.41, 5.74) is 3.47. The van der Waals surface area contributed by atoms with E-state index in [2.05, 4.69) is 16.7 Å². The van der Waals surface area contributed by atoms with Crippen molar-refractivity contribution in [2.75, 3.05) is 24.7 Å². The Bertz CT molecular complexity index is 703. The van der Waals surface area contributed by atoms with Gasteiger partial charge in [0.15, 0.2) is 0 Å².